The zero-order chi connectivity index (χ0) is 23.1. The number of hydrogen-bond acceptors (Lipinski definition) is 3. The molecule has 0 saturated heterocycles. The quantitative estimate of drug-likeness (QED) is 0.340. The van der Waals surface area contributed by atoms with Crippen LogP contribution in [0.3, 0.4) is 0 Å². The molecule has 32 heavy (non-hydrogen) atoms. The number of carbonyl (C=O) groups is 2. The third kappa shape index (κ3) is 6.55. The molecule has 0 heterocycles. The van der Waals surface area contributed by atoms with Gasteiger partial charge in [-0.05, 0) is 76.8 Å². The molecule has 0 spiro atoms. The molecule has 0 bridgehead atoms. The van der Waals surface area contributed by atoms with Crippen LogP contribution in [0.25, 0.3) is 4.48 Å². The summed E-state index contributed by atoms with van der Waals surface area (Å²) in [7, 11) is 0. The van der Waals surface area contributed by atoms with Gasteiger partial charge in [0.15, 0.2) is 0 Å². The van der Waals surface area contributed by atoms with Gasteiger partial charge in [0.25, 0.3) is 11.8 Å². The average Bonchev–Trinajstić information content (AvgIpc) is 2.77. The number of benzene rings is 3. The highest BCUT2D eigenvalue weighted by molar-refractivity contribution is 9.15. The number of rotatable bonds is 7. The second kappa shape index (κ2) is 11.1. The zero-order valence-electron chi connectivity index (χ0n) is 17.3. The summed E-state index contributed by atoms with van der Waals surface area (Å²) in [6.45, 7) is 1.87. The standard InChI is InChI=1S/C25H22Br2N2O3/c1-16(14-17-6-5-9-21(30)15-17)28-25(32)23(22(27)18-10-12-20(26)13-11-18)29-24(31)19-7-3-2-4-8-19/h2-13,15-16,30H,14H2,1H3,(H,28,32)(H,29,31)/b23-22+. The van der Waals surface area contributed by atoms with Crippen LogP contribution in [0.5, 0.6) is 5.75 Å². The predicted molar refractivity (Wildman–Crippen MR) is 133 cm³/mol. The molecule has 2 amide bonds. The maximum atomic E-state index is 13.2. The lowest BCUT2D eigenvalue weighted by atomic mass is 10.1. The van der Waals surface area contributed by atoms with E-state index in [0.717, 1.165) is 15.6 Å². The molecule has 0 fully saturated rings. The molecule has 0 saturated carbocycles. The first-order valence-electron chi connectivity index (χ1n) is 9.94. The number of halogens is 2. The molecule has 3 N–H and O–H groups in total. The fraction of sp³-hybridized carbons (Fsp3) is 0.120. The van der Waals surface area contributed by atoms with Gasteiger partial charge in [-0.2, -0.15) is 0 Å². The Bertz CT molecular complexity index is 1130. The van der Waals surface area contributed by atoms with Gasteiger partial charge in [-0.15, -0.1) is 0 Å². The van der Waals surface area contributed by atoms with Crippen molar-refractivity contribution in [1.82, 2.24) is 10.6 Å². The van der Waals surface area contributed by atoms with Crippen LogP contribution in [-0.2, 0) is 11.2 Å². The molecule has 1 atom stereocenters. The smallest absolute Gasteiger partial charge is 0.269 e. The lowest BCUT2D eigenvalue weighted by Crippen LogP contribution is -2.40. The van der Waals surface area contributed by atoms with Crippen molar-refractivity contribution >= 4 is 48.2 Å². The van der Waals surface area contributed by atoms with E-state index in [9.17, 15) is 14.7 Å². The Kier molecular flexibility index (Phi) is 8.25. The number of nitrogens with one attached hydrogen (secondary N) is 2. The highest BCUT2D eigenvalue weighted by Crippen LogP contribution is 2.26. The molecule has 0 aromatic heterocycles. The van der Waals surface area contributed by atoms with E-state index in [0.29, 0.717) is 16.5 Å². The minimum Gasteiger partial charge on any atom is -0.508 e. The SMILES string of the molecule is CC(Cc1cccc(O)c1)NC(=O)/C(NC(=O)c1ccccc1)=C(\Br)c1ccc(Br)cc1. The first-order chi connectivity index (χ1) is 15.3. The van der Waals surface area contributed by atoms with E-state index in [4.69, 9.17) is 0 Å². The van der Waals surface area contributed by atoms with Crippen molar-refractivity contribution < 1.29 is 14.7 Å². The first kappa shape index (κ1) is 23.8. The molecular formula is C25H22Br2N2O3. The Morgan fingerprint density at radius 1 is 0.938 bits per heavy atom. The van der Waals surface area contributed by atoms with Crippen molar-refractivity contribution in [1.29, 1.82) is 0 Å². The topological polar surface area (TPSA) is 78.4 Å². The van der Waals surface area contributed by atoms with Gasteiger partial charge in [0.1, 0.15) is 11.4 Å². The summed E-state index contributed by atoms with van der Waals surface area (Å²) in [4.78, 5) is 26.0. The first-order valence-corrected chi connectivity index (χ1v) is 11.5. The van der Waals surface area contributed by atoms with Gasteiger partial charge in [-0.1, -0.05) is 58.4 Å². The van der Waals surface area contributed by atoms with Gasteiger partial charge >= 0.3 is 0 Å². The van der Waals surface area contributed by atoms with E-state index < -0.39 is 5.91 Å². The van der Waals surface area contributed by atoms with Crippen LogP contribution in [0, 0.1) is 0 Å². The van der Waals surface area contributed by atoms with E-state index in [2.05, 4.69) is 42.5 Å². The van der Waals surface area contributed by atoms with Crippen LogP contribution in [0.15, 0.2) is 89.0 Å². The van der Waals surface area contributed by atoms with E-state index in [1.807, 2.05) is 43.3 Å². The molecule has 3 rings (SSSR count). The van der Waals surface area contributed by atoms with Crippen LogP contribution in [0.4, 0.5) is 0 Å². The molecule has 0 aliphatic rings. The lowest BCUT2D eigenvalue weighted by molar-refractivity contribution is -0.118. The molecule has 5 nitrogen and oxygen atoms in total. The van der Waals surface area contributed by atoms with Gasteiger partial charge in [0.2, 0.25) is 0 Å². The van der Waals surface area contributed by atoms with Gasteiger partial charge in [-0.25, -0.2) is 0 Å². The van der Waals surface area contributed by atoms with Gasteiger partial charge in [0.05, 0.1) is 4.48 Å². The molecule has 3 aromatic carbocycles. The summed E-state index contributed by atoms with van der Waals surface area (Å²) in [5.41, 5.74) is 2.20. The summed E-state index contributed by atoms with van der Waals surface area (Å²) in [5.74, 6) is -0.628. The van der Waals surface area contributed by atoms with Crippen LogP contribution >= 0.6 is 31.9 Å². The molecule has 7 heteroatoms. The fourth-order valence-electron chi connectivity index (χ4n) is 3.11. The van der Waals surface area contributed by atoms with Crippen molar-refractivity contribution in [2.24, 2.45) is 0 Å². The van der Waals surface area contributed by atoms with E-state index in [1.54, 1.807) is 42.5 Å². The van der Waals surface area contributed by atoms with Crippen molar-refractivity contribution in [3.63, 3.8) is 0 Å². The molecular weight excluding hydrogens is 536 g/mol. The number of phenols is 1. The Hall–Kier alpha value is -2.90. The second-order valence-corrected chi connectivity index (χ2v) is 8.97. The Morgan fingerprint density at radius 3 is 2.28 bits per heavy atom. The second-order valence-electron chi connectivity index (χ2n) is 7.26. The van der Waals surface area contributed by atoms with E-state index in [1.165, 1.54) is 0 Å². The van der Waals surface area contributed by atoms with Crippen molar-refractivity contribution in [3.8, 4) is 5.75 Å². The number of aromatic hydroxyl groups is 1. The number of hydrogen-bond donors (Lipinski definition) is 3. The van der Waals surface area contributed by atoms with Crippen molar-refractivity contribution in [2.75, 3.05) is 0 Å². The monoisotopic (exact) mass is 556 g/mol. The van der Waals surface area contributed by atoms with Crippen LogP contribution < -0.4 is 10.6 Å². The minimum absolute atomic E-state index is 0.115. The maximum Gasteiger partial charge on any atom is 0.269 e. The Labute approximate surface area is 203 Å². The largest absolute Gasteiger partial charge is 0.508 e. The summed E-state index contributed by atoms with van der Waals surface area (Å²) < 4.78 is 1.37. The number of amides is 2. The van der Waals surface area contributed by atoms with Gasteiger partial charge < -0.3 is 15.7 Å². The van der Waals surface area contributed by atoms with Gasteiger partial charge in [-0.3, -0.25) is 9.59 Å². The molecule has 0 aliphatic carbocycles. The third-order valence-electron chi connectivity index (χ3n) is 4.65. The average molecular weight is 558 g/mol. The van der Waals surface area contributed by atoms with Crippen LogP contribution in [0.2, 0.25) is 0 Å². The lowest BCUT2D eigenvalue weighted by Gasteiger charge is -2.18. The Balaban J connectivity index is 1.85. The highest BCUT2D eigenvalue weighted by Gasteiger charge is 2.21. The molecule has 164 valence electrons. The fourth-order valence-corrected chi connectivity index (χ4v) is 3.92. The number of carbonyl (C=O) groups excluding carboxylic acids is 2. The summed E-state index contributed by atoms with van der Waals surface area (Å²) in [5, 5.41) is 15.4. The molecule has 0 radical (unpaired) electrons. The normalized spacial score (nSPS) is 12.5. The number of phenolic OH excluding ortho intramolecular Hbond substituents is 1. The molecule has 3 aromatic rings. The zero-order valence-corrected chi connectivity index (χ0v) is 20.5. The minimum atomic E-state index is -0.420. The summed E-state index contributed by atoms with van der Waals surface area (Å²) >= 11 is 6.90. The van der Waals surface area contributed by atoms with Crippen LogP contribution in [-0.4, -0.2) is 23.0 Å². The molecule has 0 aliphatic heterocycles. The van der Waals surface area contributed by atoms with Crippen LogP contribution in [0.1, 0.15) is 28.4 Å². The van der Waals surface area contributed by atoms with E-state index in [-0.39, 0.29) is 23.4 Å². The predicted octanol–water partition coefficient (Wildman–Crippen LogP) is 5.40. The van der Waals surface area contributed by atoms with E-state index >= 15 is 0 Å². The van der Waals surface area contributed by atoms with Crippen molar-refractivity contribution in [2.45, 2.75) is 19.4 Å². The summed E-state index contributed by atoms with van der Waals surface area (Å²) in [6, 6.07) is 22.8. The Morgan fingerprint density at radius 2 is 1.62 bits per heavy atom. The van der Waals surface area contributed by atoms with Gasteiger partial charge in [0, 0.05) is 16.1 Å². The van der Waals surface area contributed by atoms with Crippen molar-refractivity contribution in [3.05, 3.63) is 106 Å². The highest BCUT2D eigenvalue weighted by atomic mass is 79.9. The molecule has 1 unspecified atom stereocenters. The summed E-state index contributed by atoms with van der Waals surface area (Å²) in [6.07, 6.45) is 0.524. The third-order valence-corrected chi connectivity index (χ3v) is 6.03. The maximum absolute atomic E-state index is 13.2.